The first kappa shape index (κ1) is 15.4. The van der Waals surface area contributed by atoms with E-state index in [2.05, 4.69) is 45.0 Å². The molecule has 2 aliphatic rings. The molecule has 1 fully saturated rings. The number of rotatable bonds is 4. The Kier molecular flexibility index (Phi) is 4.96. The topological polar surface area (TPSA) is 9.23 Å². The second kappa shape index (κ2) is 6.75. The van der Waals surface area contributed by atoms with E-state index in [1.165, 1.54) is 30.1 Å². The van der Waals surface area contributed by atoms with Gasteiger partial charge in [-0.15, -0.1) is 0 Å². The summed E-state index contributed by atoms with van der Waals surface area (Å²) in [6.45, 7) is 7.29. The molecule has 3 rings (SSSR count). The van der Waals surface area contributed by atoms with Crippen LogP contribution in [0.15, 0.2) is 24.3 Å². The Labute approximate surface area is 136 Å². The van der Waals surface area contributed by atoms with Crippen molar-refractivity contribution >= 4 is 15.0 Å². The van der Waals surface area contributed by atoms with Crippen molar-refractivity contribution in [1.29, 1.82) is 0 Å². The molecule has 0 aromatic heterocycles. The summed E-state index contributed by atoms with van der Waals surface area (Å²) in [5.74, 6) is 3.89. The Balaban J connectivity index is 1.55. The van der Waals surface area contributed by atoms with Gasteiger partial charge in [0.15, 0.2) is 0 Å². The molecular formula is C19H28OSe. The summed E-state index contributed by atoms with van der Waals surface area (Å²) in [7, 11) is 0. The van der Waals surface area contributed by atoms with Gasteiger partial charge in [0.2, 0.25) is 0 Å². The summed E-state index contributed by atoms with van der Waals surface area (Å²) < 4.78 is 6.14. The zero-order valence-corrected chi connectivity index (χ0v) is 15.3. The standard InChI is InChI=1S/C19H28OSe/c1-13(2)17-9-8-14(3)10-19(17)21-12-16-11-15-6-4-5-7-18(15)20-16/h4-7,13-14,16-17,19H,8-12H2,1-3H3/t14-,16?,17+,19+/m1/s1. The first-order chi connectivity index (χ1) is 10.1. The van der Waals surface area contributed by atoms with Crippen molar-refractivity contribution in [2.45, 2.75) is 62.7 Å². The predicted molar refractivity (Wildman–Crippen MR) is 90.2 cm³/mol. The Morgan fingerprint density at radius 1 is 1.24 bits per heavy atom. The van der Waals surface area contributed by atoms with Gasteiger partial charge in [0.25, 0.3) is 0 Å². The zero-order chi connectivity index (χ0) is 14.8. The fourth-order valence-electron chi connectivity index (χ4n) is 3.88. The summed E-state index contributed by atoms with van der Waals surface area (Å²) in [5.41, 5.74) is 1.41. The van der Waals surface area contributed by atoms with E-state index in [0.29, 0.717) is 6.10 Å². The van der Waals surface area contributed by atoms with Crippen LogP contribution in [0.4, 0.5) is 0 Å². The van der Waals surface area contributed by atoms with Crippen LogP contribution in [-0.4, -0.2) is 21.1 Å². The van der Waals surface area contributed by atoms with Crippen LogP contribution < -0.4 is 4.74 Å². The minimum atomic E-state index is 0.451. The van der Waals surface area contributed by atoms with E-state index in [0.717, 1.165) is 49.7 Å². The van der Waals surface area contributed by atoms with Gasteiger partial charge in [0, 0.05) is 0 Å². The van der Waals surface area contributed by atoms with Crippen molar-refractivity contribution in [2.24, 2.45) is 17.8 Å². The number of fused-ring (bicyclic) bond motifs is 1. The molecule has 1 nitrogen and oxygen atoms in total. The molecule has 1 heterocycles. The number of hydrogen-bond acceptors (Lipinski definition) is 1. The van der Waals surface area contributed by atoms with Gasteiger partial charge < -0.3 is 0 Å². The zero-order valence-electron chi connectivity index (χ0n) is 13.5. The molecule has 1 saturated carbocycles. The van der Waals surface area contributed by atoms with Crippen molar-refractivity contribution in [3.8, 4) is 5.75 Å². The molecule has 1 aliphatic heterocycles. The summed E-state index contributed by atoms with van der Waals surface area (Å²) in [4.78, 5) is 0.980. The molecular weight excluding hydrogens is 323 g/mol. The van der Waals surface area contributed by atoms with Crippen LogP contribution in [0.25, 0.3) is 0 Å². The van der Waals surface area contributed by atoms with E-state index in [4.69, 9.17) is 4.74 Å². The molecule has 1 aliphatic carbocycles. The van der Waals surface area contributed by atoms with Crippen LogP contribution in [0.5, 0.6) is 5.75 Å². The number of hydrogen-bond donors (Lipinski definition) is 0. The Bertz CT molecular complexity index is 445. The van der Waals surface area contributed by atoms with E-state index < -0.39 is 0 Å². The van der Waals surface area contributed by atoms with E-state index >= 15 is 0 Å². The SMILES string of the molecule is CC(C)[C@@H]1CC[C@@H](C)C[C@@H]1[Se]CC1Cc2ccccc2O1. The molecule has 116 valence electrons. The van der Waals surface area contributed by atoms with Gasteiger partial charge in [-0.2, -0.15) is 0 Å². The third kappa shape index (κ3) is 3.66. The molecule has 1 aromatic rings. The first-order valence-corrected chi connectivity index (χ1v) is 10.7. The average Bonchev–Trinajstić information content (AvgIpc) is 2.87. The normalized spacial score (nSPS) is 32.0. The third-order valence-electron chi connectivity index (χ3n) is 5.17. The van der Waals surface area contributed by atoms with Crippen molar-refractivity contribution in [2.75, 3.05) is 0 Å². The molecule has 0 amide bonds. The van der Waals surface area contributed by atoms with Gasteiger partial charge in [-0.1, -0.05) is 0 Å². The van der Waals surface area contributed by atoms with E-state index in [9.17, 15) is 0 Å². The van der Waals surface area contributed by atoms with Gasteiger partial charge in [-0.25, -0.2) is 0 Å². The maximum atomic E-state index is 6.14. The van der Waals surface area contributed by atoms with Crippen molar-refractivity contribution in [3.63, 3.8) is 0 Å². The van der Waals surface area contributed by atoms with E-state index in [-0.39, 0.29) is 0 Å². The Hall–Kier alpha value is -0.461. The Morgan fingerprint density at radius 2 is 2.05 bits per heavy atom. The molecule has 0 radical (unpaired) electrons. The molecule has 2 heteroatoms. The molecule has 1 unspecified atom stereocenters. The van der Waals surface area contributed by atoms with Crippen LogP contribution >= 0.6 is 0 Å². The predicted octanol–water partition coefficient (Wildman–Crippen LogP) is 4.99. The van der Waals surface area contributed by atoms with Crippen LogP contribution in [0.1, 0.15) is 45.6 Å². The molecule has 1 aromatic carbocycles. The van der Waals surface area contributed by atoms with Crippen LogP contribution in [-0.2, 0) is 6.42 Å². The van der Waals surface area contributed by atoms with Crippen molar-refractivity contribution in [1.82, 2.24) is 0 Å². The summed E-state index contributed by atoms with van der Waals surface area (Å²) in [5, 5.41) is 1.29. The van der Waals surface area contributed by atoms with Gasteiger partial charge in [-0.05, 0) is 0 Å². The van der Waals surface area contributed by atoms with Gasteiger partial charge in [0.05, 0.1) is 0 Å². The maximum absolute atomic E-state index is 6.14. The minimum absolute atomic E-state index is 0.451. The van der Waals surface area contributed by atoms with Crippen LogP contribution in [0.3, 0.4) is 0 Å². The third-order valence-corrected chi connectivity index (χ3v) is 8.39. The molecule has 0 spiro atoms. The number of para-hydroxylation sites is 1. The molecule has 21 heavy (non-hydrogen) atoms. The monoisotopic (exact) mass is 352 g/mol. The quantitative estimate of drug-likeness (QED) is 0.694. The van der Waals surface area contributed by atoms with Gasteiger partial charge in [-0.3, -0.25) is 0 Å². The molecule has 4 atom stereocenters. The molecule has 0 N–H and O–H groups in total. The van der Waals surface area contributed by atoms with Crippen LogP contribution in [0, 0.1) is 17.8 Å². The van der Waals surface area contributed by atoms with Crippen molar-refractivity contribution in [3.05, 3.63) is 29.8 Å². The van der Waals surface area contributed by atoms with E-state index in [1.807, 2.05) is 0 Å². The number of benzene rings is 1. The molecule has 0 saturated heterocycles. The van der Waals surface area contributed by atoms with Gasteiger partial charge >= 0.3 is 136 Å². The second-order valence-electron chi connectivity index (χ2n) is 7.25. The summed E-state index contributed by atoms with van der Waals surface area (Å²) in [6.07, 6.45) is 5.94. The summed E-state index contributed by atoms with van der Waals surface area (Å²) >= 11 is 0.732. The fraction of sp³-hybridized carbons (Fsp3) is 0.684. The average molecular weight is 351 g/mol. The van der Waals surface area contributed by atoms with Gasteiger partial charge in [0.1, 0.15) is 0 Å². The summed E-state index contributed by atoms with van der Waals surface area (Å²) in [6, 6.07) is 8.57. The molecule has 0 bridgehead atoms. The van der Waals surface area contributed by atoms with Crippen LogP contribution in [0.2, 0.25) is 10.1 Å². The first-order valence-electron chi connectivity index (χ1n) is 8.49. The van der Waals surface area contributed by atoms with E-state index in [1.54, 1.807) is 0 Å². The van der Waals surface area contributed by atoms with Crippen molar-refractivity contribution < 1.29 is 4.74 Å². The second-order valence-corrected chi connectivity index (χ2v) is 9.92. The fourth-order valence-corrected chi connectivity index (χ4v) is 7.68. The number of ether oxygens (including phenoxy) is 1. The Morgan fingerprint density at radius 3 is 2.81 bits per heavy atom.